The minimum atomic E-state index is -1.60. The van der Waals surface area contributed by atoms with Gasteiger partial charge in [0, 0.05) is 18.1 Å². The molecule has 0 amide bonds. The molecule has 1 atom stereocenters. The first-order chi connectivity index (χ1) is 18.4. The Kier molecular flexibility index (Phi) is 8.46. The zero-order valence-electron chi connectivity index (χ0n) is 20.4. The number of hydrogen-bond donors (Lipinski definition) is 7. The number of benzene rings is 3. The Morgan fingerprint density at radius 1 is 0.846 bits per heavy atom. The summed E-state index contributed by atoms with van der Waals surface area (Å²) in [5.74, 6) is -6.55. The number of ether oxygens (including phenoxy) is 1. The molecular formula is C28H24O11. The van der Waals surface area contributed by atoms with Crippen LogP contribution in [0.3, 0.4) is 0 Å². The molecule has 11 nitrogen and oxygen atoms in total. The average Bonchev–Trinajstić information content (AvgIpc) is 2.87. The Morgan fingerprint density at radius 2 is 1.54 bits per heavy atom. The van der Waals surface area contributed by atoms with Crippen LogP contribution in [0.4, 0.5) is 0 Å². The molecule has 3 aromatic rings. The van der Waals surface area contributed by atoms with E-state index in [-0.39, 0.29) is 28.9 Å². The van der Waals surface area contributed by atoms with Crippen LogP contribution in [0.25, 0.3) is 17.7 Å². The van der Waals surface area contributed by atoms with E-state index in [0.29, 0.717) is 11.1 Å². The molecule has 0 heterocycles. The Hall–Kier alpha value is -5.45. The summed E-state index contributed by atoms with van der Waals surface area (Å²) in [6.07, 6.45) is 1.11. The van der Waals surface area contributed by atoms with E-state index in [9.17, 15) is 50.1 Å². The number of carboxylic acids is 2. The van der Waals surface area contributed by atoms with Crippen molar-refractivity contribution in [3.63, 3.8) is 0 Å². The molecule has 0 radical (unpaired) electrons. The quantitative estimate of drug-likeness (QED) is 0.0914. The second-order valence-corrected chi connectivity index (χ2v) is 8.43. The van der Waals surface area contributed by atoms with Crippen LogP contribution in [0, 0.1) is 6.92 Å². The van der Waals surface area contributed by atoms with Gasteiger partial charge < -0.3 is 40.5 Å². The van der Waals surface area contributed by atoms with Gasteiger partial charge in [-0.3, -0.25) is 0 Å². The second kappa shape index (κ2) is 11.7. The molecule has 0 aliphatic heterocycles. The summed E-state index contributed by atoms with van der Waals surface area (Å²) >= 11 is 0. The lowest BCUT2D eigenvalue weighted by molar-refractivity contribution is -0.160. The lowest BCUT2D eigenvalue weighted by atomic mass is 9.95. The van der Waals surface area contributed by atoms with Crippen LogP contribution in [-0.2, 0) is 25.5 Å². The number of phenols is 5. The highest BCUT2D eigenvalue weighted by Crippen LogP contribution is 2.38. The first kappa shape index (κ1) is 28.1. The fourth-order valence-corrected chi connectivity index (χ4v) is 3.57. The number of rotatable bonds is 9. The third-order valence-corrected chi connectivity index (χ3v) is 5.63. The number of aryl methyl sites for hydroxylation is 1. The molecule has 0 aliphatic rings. The van der Waals surface area contributed by atoms with Crippen LogP contribution >= 0.6 is 0 Å². The van der Waals surface area contributed by atoms with E-state index in [1.807, 2.05) is 0 Å². The second-order valence-electron chi connectivity index (χ2n) is 8.43. The molecule has 3 rings (SSSR count). The maximum Gasteiger partial charge on any atom is 0.345 e. The van der Waals surface area contributed by atoms with Crippen LogP contribution in [0.15, 0.2) is 54.6 Å². The van der Waals surface area contributed by atoms with Crippen molar-refractivity contribution < 1.29 is 54.9 Å². The molecule has 0 spiro atoms. The molecule has 1 unspecified atom stereocenters. The summed E-state index contributed by atoms with van der Waals surface area (Å²) in [7, 11) is 0. The highest BCUT2D eigenvalue weighted by atomic mass is 16.6. The predicted molar refractivity (Wildman–Crippen MR) is 138 cm³/mol. The van der Waals surface area contributed by atoms with E-state index in [4.69, 9.17) is 4.74 Å². The topological polar surface area (TPSA) is 202 Å². The molecule has 7 N–H and O–H groups in total. The number of hydrogen-bond acceptors (Lipinski definition) is 9. The number of aromatic hydroxyl groups is 5. The Bertz CT molecular complexity index is 1500. The summed E-state index contributed by atoms with van der Waals surface area (Å²) in [5, 5.41) is 68.8. The Labute approximate surface area is 221 Å². The van der Waals surface area contributed by atoms with Gasteiger partial charge >= 0.3 is 17.9 Å². The van der Waals surface area contributed by atoms with Gasteiger partial charge in [-0.05, 0) is 65.6 Å². The summed E-state index contributed by atoms with van der Waals surface area (Å²) in [4.78, 5) is 36.2. The van der Waals surface area contributed by atoms with Crippen LogP contribution in [0.1, 0.15) is 27.8 Å². The summed E-state index contributed by atoms with van der Waals surface area (Å²) in [5.41, 5.74) is 0.147. The molecule has 11 heteroatoms. The maximum absolute atomic E-state index is 12.5. The van der Waals surface area contributed by atoms with E-state index in [0.717, 1.165) is 36.4 Å². The number of phenolic OH excluding ortho intramolecular Hbond substituents is 5. The van der Waals surface area contributed by atoms with E-state index in [1.165, 1.54) is 18.2 Å². The lowest BCUT2D eigenvalue weighted by Crippen LogP contribution is -2.28. The number of carbonyl (C=O) groups excluding carboxylic acids is 1. The highest BCUT2D eigenvalue weighted by molar-refractivity contribution is 6.22. The fourth-order valence-electron chi connectivity index (χ4n) is 3.57. The first-order valence-electron chi connectivity index (χ1n) is 11.3. The number of carboxylic acid groups (broad SMARTS) is 2. The standard InChI is InChI=1S/C28H24O11/c1-14-2-3-16(11-21(14)31)13-23(28(37)38)39-24(33)9-6-17-5-8-20(30)26(34)25(17)18(27(35)36)10-15-4-7-19(29)22(32)12-15/h2-12,23,29-32,34H,13H2,1H3,(H,35,36)(H,37,38)/b9-6+,18-10+. The third kappa shape index (κ3) is 6.86. The average molecular weight is 536 g/mol. The smallest absolute Gasteiger partial charge is 0.345 e. The van der Waals surface area contributed by atoms with Gasteiger partial charge in [-0.15, -0.1) is 0 Å². The Balaban J connectivity index is 1.93. The van der Waals surface area contributed by atoms with Crippen molar-refractivity contribution in [2.75, 3.05) is 0 Å². The SMILES string of the molecule is Cc1ccc(CC(OC(=O)/C=C/c2ccc(O)c(O)c2/C(=C\c2ccc(O)c(O)c2)C(=O)O)C(=O)O)cc1O. The first-order valence-corrected chi connectivity index (χ1v) is 11.3. The van der Waals surface area contributed by atoms with Gasteiger partial charge in [-0.2, -0.15) is 0 Å². The van der Waals surface area contributed by atoms with Crippen LogP contribution in [0.5, 0.6) is 28.7 Å². The monoisotopic (exact) mass is 536 g/mol. The van der Waals surface area contributed by atoms with Gasteiger partial charge in [0.05, 0.1) is 5.57 Å². The zero-order valence-corrected chi connectivity index (χ0v) is 20.4. The fraction of sp³-hybridized carbons (Fsp3) is 0.107. The lowest BCUT2D eigenvalue weighted by Gasteiger charge is -2.14. The van der Waals surface area contributed by atoms with Gasteiger partial charge in [0.25, 0.3) is 0 Å². The molecule has 0 saturated heterocycles. The van der Waals surface area contributed by atoms with Crippen molar-refractivity contribution in [1.29, 1.82) is 0 Å². The van der Waals surface area contributed by atoms with Crippen molar-refractivity contribution >= 4 is 35.6 Å². The van der Waals surface area contributed by atoms with E-state index >= 15 is 0 Å². The number of aliphatic carboxylic acids is 2. The molecule has 0 bridgehead atoms. The van der Waals surface area contributed by atoms with Crippen molar-refractivity contribution in [1.82, 2.24) is 0 Å². The van der Waals surface area contributed by atoms with E-state index < -0.39 is 52.6 Å². The van der Waals surface area contributed by atoms with Crippen LogP contribution < -0.4 is 0 Å². The normalized spacial score (nSPS) is 12.3. The Morgan fingerprint density at radius 3 is 2.15 bits per heavy atom. The molecule has 0 fully saturated rings. The minimum absolute atomic E-state index is 0.0470. The molecule has 0 aromatic heterocycles. The maximum atomic E-state index is 12.5. The third-order valence-electron chi connectivity index (χ3n) is 5.63. The summed E-state index contributed by atoms with van der Waals surface area (Å²) < 4.78 is 5.03. The van der Waals surface area contributed by atoms with E-state index in [1.54, 1.807) is 19.1 Å². The van der Waals surface area contributed by atoms with Crippen molar-refractivity contribution in [3.8, 4) is 28.7 Å². The number of esters is 1. The largest absolute Gasteiger partial charge is 0.508 e. The van der Waals surface area contributed by atoms with Crippen LogP contribution in [0.2, 0.25) is 0 Å². The van der Waals surface area contributed by atoms with Gasteiger partial charge in [-0.1, -0.05) is 24.3 Å². The zero-order chi connectivity index (χ0) is 28.9. The molecule has 3 aromatic carbocycles. The van der Waals surface area contributed by atoms with Crippen molar-refractivity contribution in [2.24, 2.45) is 0 Å². The molecule has 39 heavy (non-hydrogen) atoms. The van der Waals surface area contributed by atoms with Gasteiger partial charge in [-0.25, -0.2) is 14.4 Å². The predicted octanol–water partition coefficient (Wildman–Crippen LogP) is 3.40. The highest BCUT2D eigenvalue weighted by Gasteiger charge is 2.24. The van der Waals surface area contributed by atoms with Gasteiger partial charge in [0.1, 0.15) is 5.75 Å². The number of carbonyl (C=O) groups is 3. The van der Waals surface area contributed by atoms with Gasteiger partial charge in [0.2, 0.25) is 6.10 Å². The summed E-state index contributed by atoms with van der Waals surface area (Å²) in [6.45, 7) is 1.66. The molecule has 0 saturated carbocycles. The van der Waals surface area contributed by atoms with Gasteiger partial charge in [0.15, 0.2) is 23.0 Å². The minimum Gasteiger partial charge on any atom is -0.508 e. The van der Waals surface area contributed by atoms with Crippen LogP contribution in [-0.4, -0.2) is 59.8 Å². The van der Waals surface area contributed by atoms with E-state index in [2.05, 4.69) is 0 Å². The molecular weight excluding hydrogens is 512 g/mol. The molecule has 0 aliphatic carbocycles. The van der Waals surface area contributed by atoms with Crippen molar-refractivity contribution in [3.05, 3.63) is 82.4 Å². The summed E-state index contributed by atoms with van der Waals surface area (Å²) in [6, 6.07) is 10.3. The molecule has 202 valence electrons. The van der Waals surface area contributed by atoms with Crippen molar-refractivity contribution in [2.45, 2.75) is 19.4 Å².